The SMILES string of the molecule is COc1nc(C(F)F)ccc1[C@@H]1[C@@H](C(=O)O)O[C@@](C)(C(F)(F)F)[C@H]1C. The Labute approximate surface area is 139 Å². The highest BCUT2D eigenvalue weighted by molar-refractivity contribution is 5.75. The number of halogens is 5. The summed E-state index contributed by atoms with van der Waals surface area (Å²) in [4.78, 5) is 15.0. The standard InChI is InChI=1S/C15H16F5NO4/c1-6-9(7-4-5-8(11(16)17)21-12(7)24-3)10(13(22)23)25-14(6,2)15(18,19)20/h4-6,9-11H,1-3H3,(H,22,23)/t6-,9+,10-,14+/m0/s1. The number of ether oxygens (including phenoxy) is 2. The van der Waals surface area contributed by atoms with Crippen LogP contribution in [-0.4, -0.2) is 41.1 Å². The molecule has 1 saturated heterocycles. The largest absolute Gasteiger partial charge is 0.481 e. The number of aliphatic carboxylic acids is 1. The van der Waals surface area contributed by atoms with Crippen LogP contribution in [0.3, 0.4) is 0 Å². The number of methoxy groups -OCH3 is 1. The van der Waals surface area contributed by atoms with E-state index < -0.39 is 47.8 Å². The van der Waals surface area contributed by atoms with Gasteiger partial charge in [0.25, 0.3) is 6.43 Å². The van der Waals surface area contributed by atoms with Crippen LogP contribution >= 0.6 is 0 Å². The van der Waals surface area contributed by atoms with Crippen molar-refractivity contribution in [1.29, 1.82) is 0 Å². The molecule has 0 unspecified atom stereocenters. The van der Waals surface area contributed by atoms with Gasteiger partial charge in [-0.25, -0.2) is 18.6 Å². The van der Waals surface area contributed by atoms with Gasteiger partial charge < -0.3 is 14.6 Å². The van der Waals surface area contributed by atoms with Crippen LogP contribution in [0.2, 0.25) is 0 Å². The smallest absolute Gasteiger partial charge is 0.417 e. The number of pyridine rings is 1. The van der Waals surface area contributed by atoms with Gasteiger partial charge in [0.05, 0.1) is 7.11 Å². The molecule has 0 amide bonds. The predicted molar refractivity (Wildman–Crippen MR) is 74.6 cm³/mol. The molecule has 0 spiro atoms. The molecule has 1 aliphatic heterocycles. The normalized spacial score (nSPS) is 29.9. The van der Waals surface area contributed by atoms with Crippen LogP contribution in [0, 0.1) is 5.92 Å². The second kappa shape index (κ2) is 6.40. The van der Waals surface area contributed by atoms with Crippen molar-refractivity contribution in [2.75, 3.05) is 7.11 Å². The molecular formula is C15H16F5NO4. The molecule has 1 fully saturated rings. The minimum absolute atomic E-state index is 0.0280. The first-order valence-corrected chi connectivity index (χ1v) is 7.24. The highest BCUT2D eigenvalue weighted by atomic mass is 19.4. The summed E-state index contributed by atoms with van der Waals surface area (Å²) in [6, 6.07) is 2.04. The number of carboxylic acid groups (broad SMARTS) is 1. The van der Waals surface area contributed by atoms with E-state index in [1.165, 1.54) is 6.92 Å². The van der Waals surface area contributed by atoms with Crippen LogP contribution in [0.25, 0.3) is 0 Å². The van der Waals surface area contributed by atoms with Gasteiger partial charge in [0.2, 0.25) is 5.88 Å². The van der Waals surface area contributed by atoms with E-state index >= 15 is 0 Å². The average Bonchev–Trinajstić information content (AvgIpc) is 2.79. The second-order valence-electron chi connectivity index (χ2n) is 5.93. The van der Waals surface area contributed by atoms with Crippen molar-refractivity contribution < 1.29 is 41.3 Å². The molecule has 2 heterocycles. The number of alkyl halides is 5. The van der Waals surface area contributed by atoms with Gasteiger partial charge in [0, 0.05) is 17.4 Å². The van der Waals surface area contributed by atoms with Crippen molar-refractivity contribution in [3.8, 4) is 5.88 Å². The summed E-state index contributed by atoms with van der Waals surface area (Å²) in [5.41, 5.74) is -3.37. The van der Waals surface area contributed by atoms with E-state index in [9.17, 15) is 31.9 Å². The minimum Gasteiger partial charge on any atom is -0.481 e. The Balaban J connectivity index is 2.57. The molecule has 2 rings (SSSR count). The van der Waals surface area contributed by atoms with Gasteiger partial charge >= 0.3 is 12.1 Å². The molecule has 0 aliphatic carbocycles. The molecule has 0 aromatic carbocycles. The molecule has 1 aromatic heterocycles. The highest BCUT2D eigenvalue weighted by Crippen LogP contribution is 2.54. The van der Waals surface area contributed by atoms with E-state index in [0.717, 1.165) is 26.2 Å². The molecule has 1 aliphatic rings. The van der Waals surface area contributed by atoms with Gasteiger partial charge in [-0.05, 0) is 13.0 Å². The van der Waals surface area contributed by atoms with Crippen LogP contribution < -0.4 is 4.74 Å². The Bertz CT molecular complexity index is 666. The van der Waals surface area contributed by atoms with Crippen LogP contribution in [-0.2, 0) is 9.53 Å². The van der Waals surface area contributed by atoms with E-state index in [0.29, 0.717) is 0 Å². The molecular weight excluding hydrogens is 353 g/mol. The molecule has 0 saturated carbocycles. The van der Waals surface area contributed by atoms with E-state index in [1.807, 2.05) is 0 Å². The quantitative estimate of drug-likeness (QED) is 0.822. The molecule has 5 nitrogen and oxygen atoms in total. The predicted octanol–water partition coefficient (Wildman–Crippen LogP) is 3.55. The lowest BCUT2D eigenvalue weighted by Gasteiger charge is -2.31. The number of carboxylic acids is 1. The lowest BCUT2D eigenvalue weighted by Crippen LogP contribution is -2.47. The highest BCUT2D eigenvalue weighted by Gasteiger charge is 2.66. The summed E-state index contributed by atoms with van der Waals surface area (Å²) in [6.45, 7) is 1.96. The van der Waals surface area contributed by atoms with Crippen molar-refractivity contribution in [2.45, 2.75) is 44.1 Å². The summed E-state index contributed by atoms with van der Waals surface area (Å²) >= 11 is 0. The lowest BCUT2D eigenvalue weighted by atomic mass is 9.77. The Morgan fingerprint density at radius 1 is 1.40 bits per heavy atom. The molecule has 10 heteroatoms. The Morgan fingerprint density at radius 3 is 2.44 bits per heavy atom. The summed E-state index contributed by atoms with van der Waals surface area (Å²) in [6.07, 6.45) is -9.55. The Morgan fingerprint density at radius 2 is 2.00 bits per heavy atom. The second-order valence-corrected chi connectivity index (χ2v) is 5.93. The third-order valence-electron chi connectivity index (χ3n) is 4.60. The number of hydrogen-bond acceptors (Lipinski definition) is 4. The number of hydrogen-bond donors (Lipinski definition) is 1. The number of carbonyl (C=O) groups is 1. The molecule has 0 radical (unpaired) electrons. The topological polar surface area (TPSA) is 68.7 Å². The number of nitrogens with zero attached hydrogens (tertiary/aromatic N) is 1. The summed E-state index contributed by atoms with van der Waals surface area (Å²) < 4.78 is 75.5. The summed E-state index contributed by atoms with van der Waals surface area (Å²) in [7, 11) is 1.11. The van der Waals surface area contributed by atoms with Crippen molar-refractivity contribution >= 4 is 5.97 Å². The molecule has 25 heavy (non-hydrogen) atoms. The minimum atomic E-state index is -4.82. The van der Waals surface area contributed by atoms with E-state index in [1.54, 1.807) is 0 Å². The third-order valence-corrected chi connectivity index (χ3v) is 4.60. The third kappa shape index (κ3) is 3.14. The molecule has 0 bridgehead atoms. The van der Waals surface area contributed by atoms with Crippen molar-refractivity contribution in [3.63, 3.8) is 0 Å². The van der Waals surface area contributed by atoms with Crippen molar-refractivity contribution in [1.82, 2.24) is 4.98 Å². The van der Waals surface area contributed by atoms with E-state index in [4.69, 9.17) is 9.47 Å². The first-order chi connectivity index (χ1) is 11.4. The maximum atomic E-state index is 13.4. The van der Waals surface area contributed by atoms with Crippen LogP contribution in [0.5, 0.6) is 5.88 Å². The van der Waals surface area contributed by atoms with E-state index in [2.05, 4.69) is 4.98 Å². The fourth-order valence-corrected chi connectivity index (χ4v) is 3.01. The zero-order valence-corrected chi connectivity index (χ0v) is 13.5. The molecule has 4 atom stereocenters. The monoisotopic (exact) mass is 369 g/mol. The van der Waals surface area contributed by atoms with Gasteiger partial charge in [-0.3, -0.25) is 0 Å². The zero-order valence-electron chi connectivity index (χ0n) is 13.5. The molecule has 1 aromatic rings. The average molecular weight is 369 g/mol. The first-order valence-electron chi connectivity index (χ1n) is 7.24. The summed E-state index contributed by atoms with van der Waals surface area (Å²) in [5, 5.41) is 9.29. The Kier molecular flexibility index (Phi) is 4.95. The maximum Gasteiger partial charge on any atom is 0.417 e. The lowest BCUT2D eigenvalue weighted by molar-refractivity contribution is -0.273. The van der Waals surface area contributed by atoms with Gasteiger partial charge in [-0.15, -0.1) is 0 Å². The fourth-order valence-electron chi connectivity index (χ4n) is 3.01. The van der Waals surface area contributed by atoms with Crippen LogP contribution in [0.15, 0.2) is 12.1 Å². The zero-order chi connectivity index (χ0) is 19.2. The fraction of sp³-hybridized carbons (Fsp3) is 0.600. The number of aromatic nitrogens is 1. The van der Waals surface area contributed by atoms with Gasteiger partial charge in [-0.2, -0.15) is 13.2 Å². The molecule has 1 N–H and O–H groups in total. The number of rotatable bonds is 4. The van der Waals surface area contributed by atoms with Gasteiger partial charge in [-0.1, -0.05) is 13.0 Å². The van der Waals surface area contributed by atoms with E-state index in [-0.39, 0.29) is 11.4 Å². The van der Waals surface area contributed by atoms with Crippen LogP contribution in [0.1, 0.15) is 37.4 Å². The van der Waals surface area contributed by atoms with Crippen LogP contribution in [0.4, 0.5) is 22.0 Å². The van der Waals surface area contributed by atoms with Gasteiger partial charge in [0.15, 0.2) is 11.7 Å². The first kappa shape index (κ1) is 19.4. The molecule has 140 valence electrons. The maximum absolute atomic E-state index is 13.4. The van der Waals surface area contributed by atoms with Gasteiger partial charge in [0.1, 0.15) is 5.69 Å². The van der Waals surface area contributed by atoms with Crippen molar-refractivity contribution in [3.05, 3.63) is 23.4 Å². The summed E-state index contributed by atoms with van der Waals surface area (Å²) in [5.74, 6) is -4.54. The Hall–Kier alpha value is -1.97. The van der Waals surface area contributed by atoms with Crippen molar-refractivity contribution in [2.24, 2.45) is 5.92 Å².